The molecule has 0 fully saturated rings. The zero-order chi connectivity index (χ0) is 28.2. The summed E-state index contributed by atoms with van der Waals surface area (Å²) in [7, 11) is 0. The van der Waals surface area contributed by atoms with Gasteiger partial charge in [-0.3, -0.25) is 0 Å². The van der Waals surface area contributed by atoms with Crippen LogP contribution in [-0.4, -0.2) is 19.3 Å². The van der Waals surface area contributed by atoms with Crippen molar-refractivity contribution in [3.8, 4) is 11.8 Å². The Labute approximate surface area is 234 Å². The van der Waals surface area contributed by atoms with E-state index in [1.165, 1.54) is 5.56 Å². The predicted molar refractivity (Wildman–Crippen MR) is 159 cm³/mol. The van der Waals surface area contributed by atoms with Crippen LogP contribution in [0.25, 0.3) is 21.8 Å². The molecule has 6 rings (SSSR count). The molecule has 0 spiro atoms. The molecule has 2 N–H and O–H groups in total. The Balaban J connectivity index is 0.000000162. The van der Waals surface area contributed by atoms with Gasteiger partial charge in [0, 0.05) is 15.8 Å². The minimum atomic E-state index is -0.136. The Hall–Kier alpha value is -4.95. The standard InChI is InChI=1S/C16H13ClN2O2.C15H12N2O2/c1-10-2-4-11(5-3-10)9-19-14-7-6-12(17)8-13(14)15(18-21)16(19)20;18-15-14(16-19)12-8-4-5-9-13(12)17(15)10-11-6-2-1-3-7-11/h2-8,20H,9H2,1H3;1-9,18H,10H2. The number of nitroso groups, excluding NO2 is 2. The van der Waals surface area contributed by atoms with Gasteiger partial charge in [0.05, 0.1) is 24.1 Å². The lowest BCUT2D eigenvalue weighted by atomic mass is 10.1. The summed E-state index contributed by atoms with van der Waals surface area (Å²) in [5.74, 6) is -0.220. The van der Waals surface area contributed by atoms with Crippen molar-refractivity contribution >= 4 is 44.8 Å². The van der Waals surface area contributed by atoms with E-state index < -0.39 is 0 Å². The van der Waals surface area contributed by atoms with Gasteiger partial charge in [0.25, 0.3) is 0 Å². The van der Waals surface area contributed by atoms with Gasteiger partial charge in [-0.1, -0.05) is 90.0 Å². The van der Waals surface area contributed by atoms with Gasteiger partial charge in [0.2, 0.25) is 11.8 Å². The molecule has 200 valence electrons. The number of hydrogen-bond donors (Lipinski definition) is 2. The SMILES string of the molecule is Cc1ccc(Cn2c(O)c(N=O)c3cc(Cl)ccc32)cc1.O=Nc1c(O)n(Cc2ccccc2)c2ccccc12. The normalized spacial score (nSPS) is 10.8. The van der Waals surface area contributed by atoms with E-state index in [4.69, 9.17) is 11.6 Å². The lowest BCUT2D eigenvalue weighted by Crippen LogP contribution is -1.98. The van der Waals surface area contributed by atoms with E-state index in [0.717, 1.165) is 22.2 Å². The van der Waals surface area contributed by atoms with Crippen LogP contribution in [0.15, 0.2) is 107 Å². The molecular weight excluding hydrogens is 528 g/mol. The first-order chi connectivity index (χ1) is 19.4. The van der Waals surface area contributed by atoms with Gasteiger partial charge < -0.3 is 19.3 Å². The summed E-state index contributed by atoms with van der Waals surface area (Å²) in [6.45, 7) is 2.98. The minimum absolute atomic E-state index is 0.0274. The van der Waals surface area contributed by atoms with Crippen molar-refractivity contribution < 1.29 is 10.2 Å². The number of aromatic nitrogens is 2. The maximum absolute atomic E-state index is 11.0. The van der Waals surface area contributed by atoms with Gasteiger partial charge in [-0.15, -0.1) is 9.81 Å². The van der Waals surface area contributed by atoms with Crippen LogP contribution in [0, 0.1) is 16.7 Å². The van der Waals surface area contributed by atoms with E-state index in [2.05, 4.69) is 10.4 Å². The summed E-state index contributed by atoms with van der Waals surface area (Å²) in [6, 6.07) is 30.3. The molecule has 0 saturated carbocycles. The van der Waals surface area contributed by atoms with Crippen molar-refractivity contribution in [1.29, 1.82) is 0 Å². The highest BCUT2D eigenvalue weighted by Gasteiger charge is 2.18. The molecule has 0 unspecified atom stereocenters. The summed E-state index contributed by atoms with van der Waals surface area (Å²) in [5.41, 5.74) is 4.91. The summed E-state index contributed by atoms with van der Waals surface area (Å²) < 4.78 is 3.36. The third-order valence-electron chi connectivity index (χ3n) is 6.72. The largest absolute Gasteiger partial charge is 0.493 e. The first kappa shape index (κ1) is 26.6. The van der Waals surface area contributed by atoms with Crippen LogP contribution in [0.2, 0.25) is 5.02 Å². The monoisotopic (exact) mass is 552 g/mol. The Morgan fingerprint density at radius 2 is 1.18 bits per heavy atom. The zero-order valence-corrected chi connectivity index (χ0v) is 22.3. The molecule has 8 nitrogen and oxygen atoms in total. The number of hydrogen-bond acceptors (Lipinski definition) is 6. The second kappa shape index (κ2) is 11.4. The molecule has 6 aromatic rings. The van der Waals surface area contributed by atoms with E-state index in [-0.39, 0.29) is 23.1 Å². The first-order valence-corrected chi connectivity index (χ1v) is 12.9. The van der Waals surface area contributed by atoms with Crippen LogP contribution in [0.1, 0.15) is 16.7 Å². The minimum Gasteiger partial charge on any atom is -0.493 e. The third-order valence-corrected chi connectivity index (χ3v) is 6.95. The fourth-order valence-corrected chi connectivity index (χ4v) is 4.88. The van der Waals surface area contributed by atoms with E-state index in [1.54, 1.807) is 33.4 Å². The Morgan fingerprint density at radius 1 is 0.650 bits per heavy atom. The van der Waals surface area contributed by atoms with E-state index in [1.807, 2.05) is 79.7 Å². The molecule has 0 radical (unpaired) electrons. The number of fused-ring (bicyclic) bond motifs is 2. The van der Waals surface area contributed by atoms with Crippen molar-refractivity contribution in [2.45, 2.75) is 20.0 Å². The molecule has 0 amide bonds. The summed E-state index contributed by atoms with van der Waals surface area (Å²) in [4.78, 5) is 21.9. The maximum Gasteiger partial charge on any atom is 0.222 e. The van der Waals surface area contributed by atoms with Crippen LogP contribution in [0.3, 0.4) is 0 Å². The molecule has 0 aliphatic carbocycles. The molecule has 2 aromatic heterocycles. The number of rotatable bonds is 6. The molecule has 40 heavy (non-hydrogen) atoms. The summed E-state index contributed by atoms with van der Waals surface area (Å²) in [6.07, 6.45) is 0. The van der Waals surface area contributed by atoms with Gasteiger partial charge in [0.1, 0.15) is 0 Å². The second-order valence-electron chi connectivity index (χ2n) is 9.35. The fourth-order valence-electron chi connectivity index (χ4n) is 4.71. The van der Waals surface area contributed by atoms with Crippen molar-refractivity contribution in [2.75, 3.05) is 0 Å². The molecule has 0 bridgehead atoms. The summed E-state index contributed by atoms with van der Waals surface area (Å²) in [5, 5.41) is 28.0. The molecule has 0 atom stereocenters. The maximum atomic E-state index is 11.0. The molecular formula is C31H25ClN4O4. The number of halogens is 1. The van der Waals surface area contributed by atoms with Crippen LogP contribution >= 0.6 is 11.6 Å². The molecule has 0 saturated heterocycles. The highest BCUT2D eigenvalue weighted by Crippen LogP contribution is 2.40. The highest BCUT2D eigenvalue weighted by molar-refractivity contribution is 6.31. The van der Waals surface area contributed by atoms with Gasteiger partial charge in [-0.2, -0.15) is 0 Å². The van der Waals surface area contributed by atoms with Gasteiger partial charge in [-0.05, 0) is 52.7 Å². The van der Waals surface area contributed by atoms with Crippen molar-refractivity contribution in [3.63, 3.8) is 0 Å². The first-order valence-electron chi connectivity index (χ1n) is 12.5. The Morgan fingerprint density at radius 3 is 1.80 bits per heavy atom. The Kier molecular flexibility index (Phi) is 7.61. The van der Waals surface area contributed by atoms with Crippen molar-refractivity contribution in [1.82, 2.24) is 9.13 Å². The third kappa shape index (κ3) is 5.17. The van der Waals surface area contributed by atoms with E-state index in [0.29, 0.717) is 28.9 Å². The van der Waals surface area contributed by atoms with Crippen molar-refractivity contribution in [2.24, 2.45) is 10.4 Å². The Bertz CT molecular complexity index is 1830. The average molecular weight is 553 g/mol. The van der Waals surface area contributed by atoms with Gasteiger partial charge >= 0.3 is 0 Å². The van der Waals surface area contributed by atoms with E-state index in [9.17, 15) is 20.0 Å². The quantitative estimate of drug-likeness (QED) is 0.202. The van der Waals surface area contributed by atoms with Crippen LogP contribution in [0.5, 0.6) is 11.8 Å². The topological polar surface area (TPSA) is 109 Å². The number of aryl methyl sites for hydroxylation is 1. The molecule has 9 heteroatoms. The van der Waals surface area contributed by atoms with Crippen LogP contribution < -0.4 is 0 Å². The van der Waals surface area contributed by atoms with Gasteiger partial charge in [-0.25, -0.2) is 0 Å². The molecule has 0 aliphatic rings. The zero-order valence-electron chi connectivity index (χ0n) is 21.5. The lowest BCUT2D eigenvalue weighted by Gasteiger charge is -2.07. The van der Waals surface area contributed by atoms with Crippen molar-refractivity contribution in [3.05, 3.63) is 129 Å². The molecule has 4 aromatic carbocycles. The smallest absolute Gasteiger partial charge is 0.222 e. The fraction of sp³-hybridized carbons (Fsp3) is 0.0968. The number of nitrogens with zero attached hydrogens (tertiary/aromatic N) is 4. The average Bonchev–Trinajstić information content (AvgIpc) is 3.39. The lowest BCUT2D eigenvalue weighted by molar-refractivity contribution is 0.429. The number of para-hydroxylation sites is 1. The number of benzene rings is 4. The molecule has 2 heterocycles. The van der Waals surface area contributed by atoms with Gasteiger partial charge in [0.15, 0.2) is 11.4 Å². The molecule has 0 aliphatic heterocycles. The predicted octanol–water partition coefficient (Wildman–Crippen LogP) is 8.55. The van der Waals surface area contributed by atoms with Crippen LogP contribution in [0.4, 0.5) is 11.4 Å². The summed E-state index contributed by atoms with van der Waals surface area (Å²) >= 11 is 5.95. The number of aromatic hydroxyl groups is 2. The van der Waals surface area contributed by atoms with Crippen LogP contribution in [-0.2, 0) is 13.1 Å². The second-order valence-corrected chi connectivity index (χ2v) is 9.79. The van der Waals surface area contributed by atoms with E-state index >= 15 is 0 Å². The highest BCUT2D eigenvalue weighted by atomic mass is 35.5.